The standard InChI is InChI=1S/C15H17NO4/c1-9-2-5-13(20-9)14(17)16-7-6-10-3-4-11(15(18)19)8-12(10)16/h3-4,8-9,13H,2,5-7H2,1H3,(H,18,19). The van der Waals surface area contributed by atoms with Crippen molar-refractivity contribution in [3.05, 3.63) is 29.3 Å². The predicted octanol–water partition coefficient (Wildman–Crippen LogP) is 1.84. The van der Waals surface area contributed by atoms with Crippen molar-refractivity contribution in [2.45, 2.75) is 38.4 Å². The van der Waals surface area contributed by atoms with Gasteiger partial charge in [0.15, 0.2) is 0 Å². The van der Waals surface area contributed by atoms with Crippen LogP contribution in [0.5, 0.6) is 0 Å². The quantitative estimate of drug-likeness (QED) is 0.894. The van der Waals surface area contributed by atoms with Crippen LogP contribution in [0.3, 0.4) is 0 Å². The molecule has 1 fully saturated rings. The van der Waals surface area contributed by atoms with E-state index in [1.54, 1.807) is 23.1 Å². The van der Waals surface area contributed by atoms with Crippen molar-refractivity contribution < 1.29 is 19.4 Å². The molecule has 0 bridgehead atoms. The Morgan fingerprint density at radius 3 is 2.80 bits per heavy atom. The molecular formula is C15H17NO4. The summed E-state index contributed by atoms with van der Waals surface area (Å²) >= 11 is 0. The summed E-state index contributed by atoms with van der Waals surface area (Å²) in [6.45, 7) is 2.57. The number of fused-ring (bicyclic) bond motifs is 1. The van der Waals surface area contributed by atoms with Gasteiger partial charge in [0.1, 0.15) is 6.10 Å². The Morgan fingerprint density at radius 1 is 1.35 bits per heavy atom. The van der Waals surface area contributed by atoms with Crippen molar-refractivity contribution in [1.82, 2.24) is 0 Å². The van der Waals surface area contributed by atoms with Crippen LogP contribution in [-0.2, 0) is 16.0 Å². The number of carboxylic acids is 1. The Balaban J connectivity index is 1.86. The minimum Gasteiger partial charge on any atom is -0.478 e. The Labute approximate surface area is 117 Å². The molecule has 20 heavy (non-hydrogen) atoms. The van der Waals surface area contributed by atoms with Crippen molar-refractivity contribution in [2.75, 3.05) is 11.4 Å². The number of amides is 1. The van der Waals surface area contributed by atoms with Gasteiger partial charge < -0.3 is 14.7 Å². The van der Waals surface area contributed by atoms with E-state index in [9.17, 15) is 9.59 Å². The van der Waals surface area contributed by atoms with Crippen molar-refractivity contribution in [1.29, 1.82) is 0 Å². The lowest BCUT2D eigenvalue weighted by Crippen LogP contribution is -2.38. The van der Waals surface area contributed by atoms with E-state index in [1.807, 2.05) is 6.92 Å². The Hall–Kier alpha value is -1.88. The van der Waals surface area contributed by atoms with Gasteiger partial charge >= 0.3 is 5.97 Å². The van der Waals surface area contributed by atoms with E-state index in [2.05, 4.69) is 0 Å². The third-order valence-corrected chi connectivity index (χ3v) is 4.00. The minimum atomic E-state index is -0.974. The Bertz CT molecular complexity index is 569. The largest absolute Gasteiger partial charge is 0.478 e. The van der Waals surface area contributed by atoms with E-state index in [0.717, 1.165) is 30.5 Å². The van der Waals surface area contributed by atoms with Crippen LogP contribution in [0.2, 0.25) is 0 Å². The second kappa shape index (κ2) is 4.90. The minimum absolute atomic E-state index is 0.0457. The zero-order valence-electron chi connectivity index (χ0n) is 11.3. The molecule has 1 N–H and O–H groups in total. The van der Waals surface area contributed by atoms with Gasteiger partial charge in [0.25, 0.3) is 5.91 Å². The second-order valence-corrected chi connectivity index (χ2v) is 5.40. The van der Waals surface area contributed by atoms with Gasteiger partial charge in [-0.2, -0.15) is 0 Å². The maximum atomic E-state index is 12.5. The second-order valence-electron chi connectivity index (χ2n) is 5.40. The SMILES string of the molecule is CC1CCC(C(=O)N2CCc3ccc(C(=O)O)cc32)O1. The summed E-state index contributed by atoms with van der Waals surface area (Å²) in [7, 11) is 0. The highest BCUT2D eigenvalue weighted by Gasteiger charge is 2.35. The van der Waals surface area contributed by atoms with Crippen molar-refractivity contribution in [3.63, 3.8) is 0 Å². The number of nitrogens with zero attached hydrogens (tertiary/aromatic N) is 1. The summed E-state index contributed by atoms with van der Waals surface area (Å²) < 4.78 is 5.62. The lowest BCUT2D eigenvalue weighted by atomic mass is 10.1. The molecule has 1 aromatic carbocycles. The molecule has 0 radical (unpaired) electrons. The van der Waals surface area contributed by atoms with Gasteiger partial charge in [-0.25, -0.2) is 4.79 Å². The number of carbonyl (C=O) groups is 2. The smallest absolute Gasteiger partial charge is 0.335 e. The summed E-state index contributed by atoms with van der Waals surface area (Å²) in [6, 6.07) is 4.97. The molecule has 0 saturated carbocycles. The van der Waals surface area contributed by atoms with Crippen LogP contribution < -0.4 is 4.90 Å². The van der Waals surface area contributed by atoms with Crippen LogP contribution in [0.1, 0.15) is 35.7 Å². The first kappa shape index (κ1) is 13.1. The van der Waals surface area contributed by atoms with Crippen molar-refractivity contribution in [2.24, 2.45) is 0 Å². The number of anilines is 1. The van der Waals surface area contributed by atoms with E-state index in [0.29, 0.717) is 6.54 Å². The third kappa shape index (κ3) is 2.18. The zero-order valence-corrected chi connectivity index (χ0v) is 11.3. The molecule has 1 saturated heterocycles. The maximum absolute atomic E-state index is 12.5. The molecule has 1 aromatic rings. The molecule has 0 spiro atoms. The molecule has 2 aliphatic rings. The molecule has 2 atom stereocenters. The number of carboxylic acid groups (broad SMARTS) is 1. The Morgan fingerprint density at radius 2 is 2.15 bits per heavy atom. The van der Waals surface area contributed by atoms with E-state index in [-0.39, 0.29) is 23.7 Å². The van der Waals surface area contributed by atoms with Gasteiger partial charge in [0.2, 0.25) is 0 Å². The van der Waals surface area contributed by atoms with E-state index < -0.39 is 5.97 Å². The fourth-order valence-corrected chi connectivity index (χ4v) is 2.90. The first-order chi connectivity index (χ1) is 9.56. The highest BCUT2D eigenvalue weighted by atomic mass is 16.5. The molecule has 0 aliphatic carbocycles. The number of rotatable bonds is 2. The molecule has 3 rings (SSSR count). The van der Waals surface area contributed by atoms with Crippen LogP contribution in [-0.4, -0.2) is 35.7 Å². The molecule has 0 aromatic heterocycles. The number of hydrogen-bond acceptors (Lipinski definition) is 3. The average Bonchev–Trinajstić information content (AvgIpc) is 3.03. The summed E-state index contributed by atoms with van der Waals surface area (Å²) in [5.41, 5.74) is 1.96. The molecule has 5 heteroatoms. The fraction of sp³-hybridized carbons (Fsp3) is 0.467. The summed E-state index contributed by atoms with van der Waals surface area (Å²) in [5.74, 6) is -1.02. The molecular weight excluding hydrogens is 258 g/mol. The van der Waals surface area contributed by atoms with Crippen molar-refractivity contribution in [3.8, 4) is 0 Å². The first-order valence-electron chi connectivity index (χ1n) is 6.89. The maximum Gasteiger partial charge on any atom is 0.335 e. The molecule has 1 amide bonds. The molecule has 2 unspecified atom stereocenters. The monoisotopic (exact) mass is 275 g/mol. The van der Waals surface area contributed by atoms with E-state index in [1.165, 1.54) is 0 Å². The summed E-state index contributed by atoms with van der Waals surface area (Å²) in [4.78, 5) is 25.2. The van der Waals surface area contributed by atoms with E-state index in [4.69, 9.17) is 9.84 Å². The number of hydrogen-bond donors (Lipinski definition) is 1. The van der Waals surface area contributed by atoms with Gasteiger partial charge in [-0.15, -0.1) is 0 Å². The average molecular weight is 275 g/mol. The first-order valence-corrected chi connectivity index (χ1v) is 6.89. The van der Waals surface area contributed by atoms with Crippen LogP contribution in [0.4, 0.5) is 5.69 Å². The normalized spacial score (nSPS) is 24.8. The van der Waals surface area contributed by atoms with Crippen LogP contribution in [0.25, 0.3) is 0 Å². The molecule has 106 valence electrons. The van der Waals surface area contributed by atoms with Crippen LogP contribution in [0.15, 0.2) is 18.2 Å². The number of carbonyl (C=O) groups excluding carboxylic acids is 1. The highest BCUT2D eigenvalue weighted by Crippen LogP contribution is 2.31. The summed E-state index contributed by atoms with van der Waals surface area (Å²) in [6.07, 6.45) is 2.14. The topological polar surface area (TPSA) is 66.8 Å². The predicted molar refractivity (Wildman–Crippen MR) is 73.0 cm³/mol. The zero-order chi connectivity index (χ0) is 14.3. The number of aromatic carboxylic acids is 1. The summed E-state index contributed by atoms with van der Waals surface area (Å²) in [5, 5.41) is 9.06. The molecule has 2 aliphatic heterocycles. The van der Waals surface area contributed by atoms with Gasteiger partial charge in [-0.1, -0.05) is 6.07 Å². The van der Waals surface area contributed by atoms with Gasteiger partial charge in [0, 0.05) is 12.2 Å². The fourth-order valence-electron chi connectivity index (χ4n) is 2.90. The third-order valence-electron chi connectivity index (χ3n) is 4.00. The van der Waals surface area contributed by atoms with Crippen LogP contribution >= 0.6 is 0 Å². The number of ether oxygens (including phenoxy) is 1. The molecule has 2 heterocycles. The lowest BCUT2D eigenvalue weighted by molar-refractivity contribution is -0.128. The van der Waals surface area contributed by atoms with Crippen LogP contribution in [0, 0.1) is 0 Å². The lowest BCUT2D eigenvalue weighted by Gasteiger charge is -2.21. The highest BCUT2D eigenvalue weighted by molar-refractivity contribution is 6.00. The van der Waals surface area contributed by atoms with Gasteiger partial charge in [-0.05, 0) is 43.9 Å². The Kier molecular flexibility index (Phi) is 3.22. The van der Waals surface area contributed by atoms with Gasteiger partial charge in [-0.3, -0.25) is 4.79 Å². The molecule has 5 nitrogen and oxygen atoms in total. The van der Waals surface area contributed by atoms with Crippen molar-refractivity contribution >= 4 is 17.6 Å². The van der Waals surface area contributed by atoms with E-state index >= 15 is 0 Å². The number of benzene rings is 1. The van der Waals surface area contributed by atoms with Gasteiger partial charge in [0.05, 0.1) is 11.7 Å².